The van der Waals surface area contributed by atoms with Crippen LogP contribution in [0, 0.1) is 0 Å². The fourth-order valence-electron chi connectivity index (χ4n) is 5.24. The van der Waals surface area contributed by atoms with Crippen molar-refractivity contribution in [1.29, 1.82) is 0 Å². The lowest BCUT2D eigenvalue weighted by Gasteiger charge is -2.34. The van der Waals surface area contributed by atoms with Crippen molar-refractivity contribution < 1.29 is 14.3 Å². The second-order valence-electron chi connectivity index (χ2n) is 9.81. The minimum absolute atomic E-state index is 0.0350. The fourth-order valence-corrected chi connectivity index (χ4v) is 5.24. The zero-order chi connectivity index (χ0) is 26.3. The van der Waals surface area contributed by atoms with Crippen molar-refractivity contribution in [3.63, 3.8) is 0 Å². The van der Waals surface area contributed by atoms with Crippen LogP contribution in [0.5, 0.6) is 0 Å². The number of hydrogen-bond donors (Lipinski definition) is 1. The summed E-state index contributed by atoms with van der Waals surface area (Å²) in [5.41, 5.74) is 4.57. The molecule has 0 saturated carbocycles. The predicted octanol–water partition coefficient (Wildman–Crippen LogP) is 4.64. The maximum Gasteiger partial charge on any atom is 0.256 e. The molecule has 0 aliphatic carbocycles. The first-order chi connectivity index (χ1) is 18.6. The molecule has 3 aromatic carbocycles. The van der Waals surface area contributed by atoms with E-state index in [0.717, 1.165) is 56.0 Å². The second-order valence-corrected chi connectivity index (χ2v) is 9.81. The third-order valence-corrected chi connectivity index (χ3v) is 7.29. The Kier molecular flexibility index (Phi) is 8.36. The molecule has 198 valence electrons. The standard InChI is InChI=1S/C31H36N4O3/c1-2-38-22-8-17-35-29(27-11-6-7-12-28(27)31(35)37)32-26-15-13-25(14-16-26)30(36)34-20-18-33(19-21-34)23-24-9-4-3-5-10-24/h3-7,9-16,29,32H,2,8,17-23H2,1H3. The summed E-state index contributed by atoms with van der Waals surface area (Å²) in [6.07, 6.45) is 0.525. The summed E-state index contributed by atoms with van der Waals surface area (Å²) in [7, 11) is 0. The van der Waals surface area contributed by atoms with Crippen LogP contribution in [-0.2, 0) is 11.3 Å². The zero-order valence-electron chi connectivity index (χ0n) is 22.0. The number of amides is 2. The molecule has 5 rings (SSSR count). The fraction of sp³-hybridized carbons (Fsp3) is 0.355. The van der Waals surface area contributed by atoms with E-state index in [4.69, 9.17) is 4.74 Å². The lowest BCUT2D eigenvalue weighted by Crippen LogP contribution is -2.48. The number of piperazine rings is 1. The Morgan fingerprint density at radius 2 is 1.63 bits per heavy atom. The highest BCUT2D eigenvalue weighted by atomic mass is 16.5. The summed E-state index contributed by atoms with van der Waals surface area (Å²) in [6.45, 7) is 7.99. The van der Waals surface area contributed by atoms with E-state index in [9.17, 15) is 9.59 Å². The number of nitrogens with zero attached hydrogens (tertiary/aromatic N) is 3. The highest BCUT2D eigenvalue weighted by molar-refractivity contribution is 5.99. The number of fused-ring (bicyclic) bond motifs is 1. The minimum Gasteiger partial charge on any atom is -0.382 e. The van der Waals surface area contributed by atoms with Crippen molar-refractivity contribution in [2.75, 3.05) is 51.3 Å². The molecular weight excluding hydrogens is 476 g/mol. The van der Waals surface area contributed by atoms with Gasteiger partial charge in [-0.05, 0) is 49.2 Å². The van der Waals surface area contributed by atoms with E-state index in [0.29, 0.717) is 25.3 Å². The third-order valence-electron chi connectivity index (χ3n) is 7.29. The summed E-state index contributed by atoms with van der Waals surface area (Å²) in [5, 5.41) is 3.53. The molecule has 7 heteroatoms. The predicted molar refractivity (Wildman–Crippen MR) is 149 cm³/mol. The van der Waals surface area contributed by atoms with Crippen molar-refractivity contribution in [2.45, 2.75) is 26.1 Å². The van der Waals surface area contributed by atoms with E-state index >= 15 is 0 Å². The minimum atomic E-state index is -0.250. The molecule has 0 spiro atoms. The Morgan fingerprint density at radius 1 is 0.921 bits per heavy atom. The van der Waals surface area contributed by atoms with Crippen molar-refractivity contribution >= 4 is 17.5 Å². The molecule has 0 aromatic heterocycles. The molecule has 2 aliphatic heterocycles. The average Bonchev–Trinajstić information content (AvgIpc) is 3.22. The van der Waals surface area contributed by atoms with Gasteiger partial charge in [0.1, 0.15) is 6.17 Å². The molecule has 1 fully saturated rings. The van der Waals surface area contributed by atoms with Crippen LogP contribution in [0.2, 0.25) is 0 Å². The number of anilines is 1. The highest BCUT2D eigenvalue weighted by Gasteiger charge is 2.36. The average molecular weight is 513 g/mol. The number of ether oxygens (including phenoxy) is 1. The van der Waals surface area contributed by atoms with Gasteiger partial charge < -0.3 is 19.9 Å². The maximum absolute atomic E-state index is 13.2. The van der Waals surface area contributed by atoms with Crippen LogP contribution in [-0.4, -0.2) is 72.5 Å². The van der Waals surface area contributed by atoms with Gasteiger partial charge in [-0.2, -0.15) is 0 Å². The summed E-state index contributed by atoms with van der Waals surface area (Å²) < 4.78 is 5.48. The van der Waals surface area contributed by atoms with Crippen LogP contribution in [0.15, 0.2) is 78.9 Å². The first-order valence-electron chi connectivity index (χ1n) is 13.5. The van der Waals surface area contributed by atoms with Crippen molar-refractivity contribution in [1.82, 2.24) is 14.7 Å². The number of nitrogens with one attached hydrogen (secondary N) is 1. The maximum atomic E-state index is 13.2. The lowest BCUT2D eigenvalue weighted by molar-refractivity contribution is 0.0628. The van der Waals surface area contributed by atoms with Gasteiger partial charge in [-0.15, -0.1) is 0 Å². The van der Waals surface area contributed by atoms with E-state index in [2.05, 4.69) is 34.5 Å². The van der Waals surface area contributed by atoms with Crippen LogP contribution < -0.4 is 5.32 Å². The summed E-state index contributed by atoms with van der Waals surface area (Å²) in [6, 6.07) is 25.8. The first kappa shape index (κ1) is 25.9. The molecule has 2 aliphatic rings. The molecule has 0 bridgehead atoms. The summed E-state index contributed by atoms with van der Waals surface area (Å²) in [4.78, 5) is 32.5. The van der Waals surface area contributed by atoms with Crippen molar-refractivity contribution in [3.05, 3.63) is 101 Å². The van der Waals surface area contributed by atoms with Gasteiger partial charge in [0.2, 0.25) is 0 Å². The van der Waals surface area contributed by atoms with Gasteiger partial charge in [0.15, 0.2) is 0 Å². The summed E-state index contributed by atoms with van der Waals surface area (Å²) >= 11 is 0. The molecule has 1 unspecified atom stereocenters. The van der Waals surface area contributed by atoms with Crippen LogP contribution in [0.1, 0.15) is 51.4 Å². The van der Waals surface area contributed by atoms with Gasteiger partial charge >= 0.3 is 0 Å². The SMILES string of the molecule is CCOCCCN1C(=O)c2ccccc2C1Nc1ccc(C(=O)N2CCN(Cc3ccccc3)CC2)cc1. The Hall–Kier alpha value is -3.68. The normalized spacial score (nSPS) is 17.5. The van der Waals surface area contributed by atoms with Crippen LogP contribution >= 0.6 is 0 Å². The van der Waals surface area contributed by atoms with Crippen LogP contribution in [0.4, 0.5) is 5.69 Å². The van der Waals surface area contributed by atoms with E-state index in [-0.39, 0.29) is 18.0 Å². The monoisotopic (exact) mass is 512 g/mol. The number of hydrogen-bond acceptors (Lipinski definition) is 5. The molecule has 1 atom stereocenters. The smallest absolute Gasteiger partial charge is 0.256 e. The Bertz CT molecular complexity index is 1220. The lowest BCUT2D eigenvalue weighted by atomic mass is 10.1. The highest BCUT2D eigenvalue weighted by Crippen LogP contribution is 2.34. The molecule has 1 saturated heterocycles. The topological polar surface area (TPSA) is 65.1 Å². The number of benzene rings is 3. The Morgan fingerprint density at radius 3 is 2.37 bits per heavy atom. The summed E-state index contributed by atoms with van der Waals surface area (Å²) in [5.74, 6) is 0.0997. The molecule has 3 aromatic rings. The number of carbonyl (C=O) groups is 2. The second kappa shape index (κ2) is 12.2. The van der Waals surface area contributed by atoms with Crippen molar-refractivity contribution in [3.8, 4) is 0 Å². The van der Waals surface area contributed by atoms with Gasteiger partial charge in [0, 0.05) is 74.9 Å². The largest absolute Gasteiger partial charge is 0.382 e. The molecule has 0 radical (unpaired) electrons. The Balaban J connectivity index is 1.20. The molecule has 2 amide bonds. The molecule has 38 heavy (non-hydrogen) atoms. The quantitative estimate of drug-likeness (QED) is 0.401. The molecule has 7 nitrogen and oxygen atoms in total. The van der Waals surface area contributed by atoms with Gasteiger partial charge in [0.25, 0.3) is 11.8 Å². The first-order valence-corrected chi connectivity index (χ1v) is 13.5. The van der Waals surface area contributed by atoms with E-state index in [1.807, 2.05) is 71.3 Å². The Labute approximate surface area is 225 Å². The zero-order valence-corrected chi connectivity index (χ0v) is 22.0. The van der Waals surface area contributed by atoms with Gasteiger partial charge in [-0.1, -0.05) is 48.5 Å². The van der Waals surface area contributed by atoms with Crippen LogP contribution in [0.25, 0.3) is 0 Å². The molecule has 1 N–H and O–H groups in total. The van der Waals surface area contributed by atoms with Gasteiger partial charge in [-0.25, -0.2) is 0 Å². The van der Waals surface area contributed by atoms with Crippen LogP contribution in [0.3, 0.4) is 0 Å². The van der Waals surface area contributed by atoms with E-state index in [1.54, 1.807) is 0 Å². The van der Waals surface area contributed by atoms with E-state index in [1.165, 1.54) is 5.56 Å². The number of carbonyl (C=O) groups excluding carboxylic acids is 2. The van der Waals surface area contributed by atoms with Gasteiger partial charge in [-0.3, -0.25) is 14.5 Å². The van der Waals surface area contributed by atoms with Gasteiger partial charge in [0.05, 0.1) is 0 Å². The van der Waals surface area contributed by atoms with Crippen molar-refractivity contribution in [2.24, 2.45) is 0 Å². The van der Waals surface area contributed by atoms with E-state index < -0.39 is 0 Å². The third kappa shape index (κ3) is 5.90. The molecule has 2 heterocycles. The molecular formula is C31H36N4O3. The number of rotatable bonds is 10.